The predicted molar refractivity (Wildman–Crippen MR) is 76.2 cm³/mol. The minimum Gasteiger partial charge on any atom is -0.462 e. The Kier molecular flexibility index (Phi) is 4.74. The van der Waals surface area contributed by atoms with Gasteiger partial charge in [0, 0.05) is 11.9 Å². The van der Waals surface area contributed by atoms with Gasteiger partial charge in [0.15, 0.2) is 10.8 Å². The molecule has 0 atom stereocenters. The van der Waals surface area contributed by atoms with Crippen molar-refractivity contribution in [1.82, 2.24) is 10.3 Å². The van der Waals surface area contributed by atoms with Crippen LogP contribution < -0.4 is 5.32 Å². The highest BCUT2D eigenvalue weighted by Gasteiger charge is 2.14. The van der Waals surface area contributed by atoms with Gasteiger partial charge in [-0.1, -0.05) is 26.7 Å². The lowest BCUT2D eigenvalue weighted by Gasteiger charge is -2.12. The smallest absolute Gasteiger partial charge is 0.270 e. The fourth-order valence-electron chi connectivity index (χ4n) is 1.80. The van der Waals surface area contributed by atoms with Crippen molar-refractivity contribution >= 4 is 17.2 Å². The van der Waals surface area contributed by atoms with Crippen molar-refractivity contribution in [3.05, 3.63) is 29.5 Å². The summed E-state index contributed by atoms with van der Waals surface area (Å²) in [6.07, 6.45) is 3.75. The van der Waals surface area contributed by atoms with E-state index in [-0.39, 0.29) is 5.91 Å². The van der Waals surface area contributed by atoms with Crippen LogP contribution in [0.3, 0.4) is 0 Å². The Bertz CT molecular complexity index is 515. The van der Waals surface area contributed by atoms with Gasteiger partial charge in [-0.15, -0.1) is 11.3 Å². The summed E-state index contributed by atoms with van der Waals surface area (Å²) in [6, 6.07) is 3.65. The first-order valence-electron chi connectivity index (χ1n) is 6.52. The van der Waals surface area contributed by atoms with Crippen molar-refractivity contribution in [2.24, 2.45) is 5.92 Å². The van der Waals surface area contributed by atoms with E-state index >= 15 is 0 Å². The number of hydrogen-bond acceptors (Lipinski definition) is 4. The molecule has 0 fully saturated rings. The second-order valence-electron chi connectivity index (χ2n) is 4.41. The molecule has 2 aromatic heterocycles. The normalized spacial score (nSPS) is 10.9. The van der Waals surface area contributed by atoms with Crippen molar-refractivity contribution in [3.63, 3.8) is 0 Å². The highest BCUT2D eigenvalue weighted by molar-refractivity contribution is 7.13. The summed E-state index contributed by atoms with van der Waals surface area (Å²) >= 11 is 1.42. The second kappa shape index (κ2) is 6.52. The Morgan fingerprint density at radius 2 is 2.26 bits per heavy atom. The van der Waals surface area contributed by atoms with Gasteiger partial charge in [0.25, 0.3) is 5.91 Å². The van der Waals surface area contributed by atoms with Gasteiger partial charge in [-0.2, -0.15) is 0 Å². The molecule has 0 bridgehead atoms. The molecule has 1 amide bonds. The van der Waals surface area contributed by atoms with Crippen molar-refractivity contribution < 1.29 is 9.21 Å². The van der Waals surface area contributed by atoms with Gasteiger partial charge in [0.2, 0.25) is 0 Å². The Balaban J connectivity index is 1.97. The lowest BCUT2D eigenvalue weighted by atomic mass is 10.0. The van der Waals surface area contributed by atoms with Gasteiger partial charge in [-0.25, -0.2) is 4.98 Å². The van der Waals surface area contributed by atoms with E-state index < -0.39 is 0 Å². The van der Waals surface area contributed by atoms with Crippen LogP contribution in [-0.4, -0.2) is 17.4 Å². The largest absolute Gasteiger partial charge is 0.462 e. The molecule has 0 spiro atoms. The summed E-state index contributed by atoms with van der Waals surface area (Å²) in [4.78, 5) is 16.3. The average molecular weight is 278 g/mol. The number of aromatic nitrogens is 1. The molecule has 0 aliphatic rings. The van der Waals surface area contributed by atoms with Gasteiger partial charge in [0.05, 0.1) is 6.26 Å². The summed E-state index contributed by atoms with van der Waals surface area (Å²) in [5, 5.41) is 5.43. The monoisotopic (exact) mass is 278 g/mol. The molecule has 0 saturated carbocycles. The molecule has 19 heavy (non-hydrogen) atoms. The molecular formula is C14H18N2O2S. The van der Waals surface area contributed by atoms with Crippen molar-refractivity contribution in [1.29, 1.82) is 0 Å². The quantitative estimate of drug-likeness (QED) is 0.878. The molecule has 5 heteroatoms. The van der Waals surface area contributed by atoms with Crippen LogP contribution in [0.15, 0.2) is 28.2 Å². The standard InChI is InChI=1S/C14H18N2O2S/c1-3-10(4-2)8-15-13(17)11-9-19-14(16-11)12-6-5-7-18-12/h5-7,9-10H,3-4,8H2,1-2H3,(H,15,17). The average Bonchev–Trinajstić information content (AvgIpc) is 3.10. The number of carbonyl (C=O) groups excluding carboxylic acids is 1. The van der Waals surface area contributed by atoms with Gasteiger partial charge in [0.1, 0.15) is 5.69 Å². The summed E-state index contributed by atoms with van der Waals surface area (Å²) < 4.78 is 5.26. The summed E-state index contributed by atoms with van der Waals surface area (Å²) in [5.41, 5.74) is 0.461. The Hall–Kier alpha value is -1.62. The Morgan fingerprint density at radius 1 is 1.47 bits per heavy atom. The fourth-order valence-corrected chi connectivity index (χ4v) is 2.56. The zero-order valence-electron chi connectivity index (χ0n) is 11.2. The van der Waals surface area contributed by atoms with Crippen LogP contribution in [0.2, 0.25) is 0 Å². The first kappa shape index (κ1) is 13.8. The third kappa shape index (κ3) is 3.44. The van der Waals surface area contributed by atoms with Crippen LogP contribution >= 0.6 is 11.3 Å². The number of carbonyl (C=O) groups is 1. The molecule has 0 aromatic carbocycles. The first-order valence-corrected chi connectivity index (χ1v) is 7.40. The van der Waals surface area contributed by atoms with E-state index in [1.165, 1.54) is 11.3 Å². The van der Waals surface area contributed by atoms with E-state index in [0.29, 0.717) is 23.9 Å². The Labute approximate surface area is 116 Å². The van der Waals surface area contributed by atoms with E-state index in [0.717, 1.165) is 17.8 Å². The predicted octanol–water partition coefficient (Wildman–Crippen LogP) is 3.57. The zero-order valence-corrected chi connectivity index (χ0v) is 12.0. The molecule has 0 radical (unpaired) electrons. The molecule has 2 aromatic rings. The van der Waals surface area contributed by atoms with Crippen LogP contribution in [0, 0.1) is 5.92 Å². The van der Waals surface area contributed by atoms with E-state index in [4.69, 9.17) is 4.42 Å². The van der Waals surface area contributed by atoms with Gasteiger partial charge >= 0.3 is 0 Å². The highest BCUT2D eigenvalue weighted by Crippen LogP contribution is 2.23. The van der Waals surface area contributed by atoms with E-state index in [2.05, 4.69) is 24.1 Å². The molecule has 0 aliphatic heterocycles. The maximum atomic E-state index is 12.0. The van der Waals surface area contributed by atoms with Gasteiger partial charge in [-0.3, -0.25) is 4.79 Å². The van der Waals surface area contributed by atoms with E-state index in [9.17, 15) is 4.79 Å². The molecular weight excluding hydrogens is 260 g/mol. The minimum atomic E-state index is -0.110. The third-order valence-electron chi connectivity index (χ3n) is 3.17. The van der Waals surface area contributed by atoms with Crippen LogP contribution in [0.4, 0.5) is 0 Å². The van der Waals surface area contributed by atoms with Crippen LogP contribution in [-0.2, 0) is 0 Å². The molecule has 2 heterocycles. The van der Waals surface area contributed by atoms with E-state index in [1.54, 1.807) is 11.6 Å². The second-order valence-corrected chi connectivity index (χ2v) is 5.27. The van der Waals surface area contributed by atoms with Crippen LogP contribution in [0.5, 0.6) is 0 Å². The zero-order chi connectivity index (χ0) is 13.7. The summed E-state index contributed by atoms with van der Waals surface area (Å²) in [5.74, 6) is 1.12. The number of rotatable bonds is 6. The first-order chi connectivity index (χ1) is 9.24. The number of nitrogens with one attached hydrogen (secondary N) is 1. The van der Waals surface area contributed by atoms with Crippen molar-refractivity contribution in [2.75, 3.05) is 6.54 Å². The lowest BCUT2D eigenvalue weighted by molar-refractivity contribution is 0.0942. The van der Waals surface area contributed by atoms with Crippen molar-refractivity contribution in [3.8, 4) is 10.8 Å². The fraction of sp³-hybridized carbons (Fsp3) is 0.429. The molecule has 0 unspecified atom stereocenters. The maximum absolute atomic E-state index is 12.0. The summed E-state index contributed by atoms with van der Waals surface area (Å²) in [6.45, 7) is 4.98. The third-order valence-corrected chi connectivity index (χ3v) is 4.03. The number of thiazole rings is 1. The molecule has 0 saturated heterocycles. The topological polar surface area (TPSA) is 55.1 Å². The van der Waals surface area contributed by atoms with Gasteiger partial charge in [-0.05, 0) is 18.1 Å². The molecule has 1 N–H and O–H groups in total. The van der Waals surface area contributed by atoms with Crippen LogP contribution in [0.25, 0.3) is 10.8 Å². The molecule has 4 nitrogen and oxygen atoms in total. The Morgan fingerprint density at radius 3 is 2.89 bits per heavy atom. The van der Waals surface area contributed by atoms with Crippen molar-refractivity contribution in [2.45, 2.75) is 26.7 Å². The van der Waals surface area contributed by atoms with Gasteiger partial charge < -0.3 is 9.73 Å². The van der Waals surface area contributed by atoms with Crippen LogP contribution in [0.1, 0.15) is 37.2 Å². The number of hydrogen-bond donors (Lipinski definition) is 1. The number of amides is 1. The molecule has 0 aliphatic carbocycles. The molecule has 2 rings (SSSR count). The lowest BCUT2D eigenvalue weighted by Crippen LogP contribution is -2.29. The SMILES string of the molecule is CCC(CC)CNC(=O)c1csc(-c2ccco2)n1. The maximum Gasteiger partial charge on any atom is 0.270 e. The number of furan rings is 1. The van der Waals surface area contributed by atoms with E-state index in [1.807, 2.05) is 12.1 Å². The minimum absolute atomic E-state index is 0.110. The highest BCUT2D eigenvalue weighted by atomic mass is 32.1. The number of nitrogens with zero attached hydrogens (tertiary/aromatic N) is 1. The summed E-state index contributed by atoms with van der Waals surface area (Å²) in [7, 11) is 0. The molecule has 102 valence electrons.